The maximum atomic E-state index is 6.11. The van der Waals surface area contributed by atoms with Gasteiger partial charge in [-0.05, 0) is 32.6 Å². The lowest BCUT2D eigenvalue weighted by Gasteiger charge is -2.40. The van der Waals surface area contributed by atoms with Gasteiger partial charge in [0.15, 0.2) is 0 Å². The summed E-state index contributed by atoms with van der Waals surface area (Å²) in [5.41, 5.74) is 6.02. The Balaban J connectivity index is 0.00000162. The van der Waals surface area contributed by atoms with Gasteiger partial charge in [-0.25, -0.2) is 0 Å². The number of morpholine rings is 1. The van der Waals surface area contributed by atoms with Crippen LogP contribution < -0.4 is 5.73 Å². The number of nitrogens with zero attached hydrogens (tertiary/aromatic N) is 1. The molecule has 0 aromatic rings. The standard InChI is InChI=1S/C14H28N2O.ClH/c1-14(2,15)11-16-8-9-17-13(10-16)12-6-4-3-5-7-12;/h12-13H,3-11,15H2,1-2H3;1H. The fraction of sp³-hybridized carbons (Fsp3) is 1.00. The van der Waals surface area contributed by atoms with E-state index in [1.54, 1.807) is 0 Å². The highest BCUT2D eigenvalue weighted by Gasteiger charge is 2.30. The van der Waals surface area contributed by atoms with Gasteiger partial charge in [-0.3, -0.25) is 4.90 Å². The molecule has 1 aliphatic heterocycles. The first kappa shape index (κ1) is 16.2. The third kappa shape index (κ3) is 5.04. The van der Waals surface area contributed by atoms with E-state index in [2.05, 4.69) is 18.7 Å². The second kappa shape index (κ2) is 7.09. The second-order valence-electron chi connectivity index (χ2n) is 6.53. The van der Waals surface area contributed by atoms with Crippen LogP contribution in [-0.2, 0) is 4.74 Å². The fourth-order valence-electron chi connectivity index (χ4n) is 3.24. The highest BCUT2D eigenvalue weighted by molar-refractivity contribution is 5.85. The van der Waals surface area contributed by atoms with Crippen LogP contribution in [0.3, 0.4) is 0 Å². The zero-order valence-corrected chi connectivity index (χ0v) is 12.7. The smallest absolute Gasteiger partial charge is 0.0730 e. The maximum absolute atomic E-state index is 6.11. The van der Waals surface area contributed by atoms with Crippen LogP contribution in [0.2, 0.25) is 0 Å². The third-order valence-electron chi connectivity index (χ3n) is 3.98. The number of rotatable bonds is 3. The van der Waals surface area contributed by atoms with E-state index in [4.69, 9.17) is 10.5 Å². The average Bonchev–Trinajstić information content (AvgIpc) is 2.28. The molecule has 2 aliphatic rings. The van der Waals surface area contributed by atoms with E-state index in [1.807, 2.05) is 0 Å². The van der Waals surface area contributed by atoms with Crippen LogP contribution in [0.15, 0.2) is 0 Å². The minimum absolute atomic E-state index is 0. The van der Waals surface area contributed by atoms with E-state index in [0.29, 0.717) is 6.10 Å². The molecule has 0 spiro atoms. The molecule has 108 valence electrons. The Morgan fingerprint density at radius 2 is 1.89 bits per heavy atom. The summed E-state index contributed by atoms with van der Waals surface area (Å²) in [4.78, 5) is 2.49. The first-order chi connectivity index (χ1) is 8.04. The van der Waals surface area contributed by atoms with Crippen molar-refractivity contribution in [3.63, 3.8) is 0 Å². The molecule has 0 aromatic carbocycles. The minimum Gasteiger partial charge on any atom is -0.375 e. The van der Waals surface area contributed by atoms with E-state index < -0.39 is 0 Å². The van der Waals surface area contributed by atoms with Crippen molar-refractivity contribution in [3.05, 3.63) is 0 Å². The summed E-state index contributed by atoms with van der Waals surface area (Å²) < 4.78 is 5.98. The van der Waals surface area contributed by atoms with Gasteiger partial charge in [0.1, 0.15) is 0 Å². The van der Waals surface area contributed by atoms with Crippen molar-refractivity contribution in [1.82, 2.24) is 4.90 Å². The second-order valence-corrected chi connectivity index (χ2v) is 6.53. The molecule has 0 aromatic heterocycles. The molecular formula is C14H29ClN2O. The zero-order chi connectivity index (χ0) is 12.3. The van der Waals surface area contributed by atoms with Gasteiger partial charge in [-0.1, -0.05) is 19.3 Å². The molecule has 18 heavy (non-hydrogen) atoms. The Morgan fingerprint density at radius 1 is 1.22 bits per heavy atom. The van der Waals surface area contributed by atoms with Crippen LogP contribution in [0.4, 0.5) is 0 Å². The Bertz CT molecular complexity index is 236. The molecular weight excluding hydrogens is 248 g/mol. The topological polar surface area (TPSA) is 38.5 Å². The fourth-order valence-corrected chi connectivity index (χ4v) is 3.24. The van der Waals surface area contributed by atoms with Gasteiger partial charge in [-0.15, -0.1) is 12.4 Å². The van der Waals surface area contributed by atoms with Crippen LogP contribution in [0.25, 0.3) is 0 Å². The van der Waals surface area contributed by atoms with Crippen LogP contribution in [0.1, 0.15) is 46.0 Å². The minimum atomic E-state index is -0.0888. The Kier molecular flexibility index (Phi) is 6.39. The lowest BCUT2D eigenvalue weighted by atomic mass is 9.84. The van der Waals surface area contributed by atoms with Gasteiger partial charge in [0, 0.05) is 25.2 Å². The predicted octanol–water partition coefficient (Wildman–Crippen LogP) is 2.43. The lowest BCUT2D eigenvalue weighted by Crippen LogP contribution is -2.52. The van der Waals surface area contributed by atoms with Gasteiger partial charge in [-0.2, -0.15) is 0 Å². The lowest BCUT2D eigenvalue weighted by molar-refractivity contribution is -0.0680. The van der Waals surface area contributed by atoms with Crippen molar-refractivity contribution in [1.29, 1.82) is 0 Å². The average molecular weight is 277 g/mol. The Labute approximate surface area is 118 Å². The first-order valence-corrected chi connectivity index (χ1v) is 7.17. The normalized spacial score (nSPS) is 27.8. The SMILES string of the molecule is CC(C)(N)CN1CCOC(C2CCCCC2)C1.Cl. The highest BCUT2D eigenvalue weighted by Crippen LogP contribution is 2.29. The molecule has 2 N–H and O–H groups in total. The van der Waals surface area contributed by atoms with E-state index in [1.165, 1.54) is 32.1 Å². The molecule has 0 radical (unpaired) electrons. The van der Waals surface area contributed by atoms with Crippen LogP contribution >= 0.6 is 12.4 Å². The van der Waals surface area contributed by atoms with E-state index in [9.17, 15) is 0 Å². The van der Waals surface area contributed by atoms with Crippen LogP contribution in [0, 0.1) is 5.92 Å². The van der Waals surface area contributed by atoms with Gasteiger partial charge >= 0.3 is 0 Å². The number of hydrogen-bond acceptors (Lipinski definition) is 3. The molecule has 3 nitrogen and oxygen atoms in total. The number of halogens is 1. The van der Waals surface area contributed by atoms with Gasteiger partial charge in [0.2, 0.25) is 0 Å². The summed E-state index contributed by atoms with van der Waals surface area (Å²) in [6, 6.07) is 0. The summed E-state index contributed by atoms with van der Waals surface area (Å²) >= 11 is 0. The molecule has 0 bridgehead atoms. The molecule has 2 rings (SSSR count). The molecule has 1 aliphatic carbocycles. The Morgan fingerprint density at radius 3 is 2.50 bits per heavy atom. The maximum Gasteiger partial charge on any atom is 0.0730 e. The van der Waals surface area contributed by atoms with Crippen molar-refractivity contribution in [3.8, 4) is 0 Å². The summed E-state index contributed by atoms with van der Waals surface area (Å²) in [5, 5.41) is 0. The van der Waals surface area contributed by atoms with Crippen molar-refractivity contribution in [2.45, 2.75) is 57.6 Å². The van der Waals surface area contributed by atoms with Crippen LogP contribution in [-0.4, -0.2) is 42.8 Å². The van der Waals surface area contributed by atoms with Crippen molar-refractivity contribution in [2.75, 3.05) is 26.2 Å². The zero-order valence-electron chi connectivity index (χ0n) is 11.9. The summed E-state index contributed by atoms with van der Waals surface area (Å²) in [6.45, 7) is 8.22. The number of hydrogen-bond donors (Lipinski definition) is 1. The number of ether oxygens (including phenoxy) is 1. The van der Waals surface area contributed by atoms with E-state index in [-0.39, 0.29) is 17.9 Å². The molecule has 1 heterocycles. The van der Waals surface area contributed by atoms with Crippen molar-refractivity contribution < 1.29 is 4.74 Å². The molecule has 1 unspecified atom stereocenters. The molecule has 1 saturated carbocycles. The summed E-state index contributed by atoms with van der Waals surface area (Å²) in [6.07, 6.45) is 7.41. The van der Waals surface area contributed by atoms with Gasteiger partial charge in [0.05, 0.1) is 12.7 Å². The van der Waals surface area contributed by atoms with E-state index >= 15 is 0 Å². The largest absolute Gasteiger partial charge is 0.375 e. The Hall–Kier alpha value is 0.170. The van der Waals surface area contributed by atoms with Gasteiger partial charge in [0.25, 0.3) is 0 Å². The van der Waals surface area contributed by atoms with Crippen LogP contribution in [0.5, 0.6) is 0 Å². The monoisotopic (exact) mass is 276 g/mol. The summed E-state index contributed by atoms with van der Waals surface area (Å²) in [7, 11) is 0. The highest BCUT2D eigenvalue weighted by atomic mass is 35.5. The van der Waals surface area contributed by atoms with Gasteiger partial charge < -0.3 is 10.5 Å². The first-order valence-electron chi connectivity index (χ1n) is 7.17. The summed E-state index contributed by atoms with van der Waals surface area (Å²) in [5.74, 6) is 0.799. The third-order valence-corrected chi connectivity index (χ3v) is 3.98. The molecule has 1 atom stereocenters. The molecule has 0 amide bonds. The van der Waals surface area contributed by atoms with Crippen molar-refractivity contribution >= 4 is 12.4 Å². The predicted molar refractivity (Wildman–Crippen MR) is 78.3 cm³/mol. The quantitative estimate of drug-likeness (QED) is 0.860. The molecule has 4 heteroatoms. The van der Waals surface area contributed by atoms with E-state index in [0.717, 1.165) is 32.2 Å². The van der Waals surface area contributed by atoms with Crippen molar-refractivity contribution in [2.24, 2.45) is 11.7 Å². The number of nitrogens with two attached hydrogens (primary N) is 1. The molecule has 2 fully saturated rings. The molecule has 1 saturated heterocycles.